The fourth-order valence-electron chi connectivity index (χ4n) is 1.87. The summed E-state index contributed by atoms with van der Waals surface area (Å²) < 4.78 is 6.13. The van der Waals surface area contributed by atoms with Crippen molar-refractivity contribution in [3.05, 3.63) is 48.1 Å². The smallest absolute Gasteiger partial charge is 0.344 e. The number of unbranched alkanes of at least 4 members (excludes halogenated alkanes) is 1. The van der Waals surface area contributed by atoms with Crippen LogP contribution in [0.25, 0.3) is 10.8 Å². The molecule has 1 aromatic heterocycles. The van der Waals surface area contributed by atoms with Gasteiger partial charge in [0.1, 0.15) is 5.76 Å². The summed E-state index contributed by atoms with van der Waals surface area (Å²) in [6.45, 7) is 2.06. The number of non-ortho nitro benzene ring substituents is 1. The van der Waals surface area contributed by atoms with Gasteiger partial charge in [0, 0.05) is 23.9 Å². The van der Waals surface area contributed by atoms with Crippen LogP contribution in [-0.2, 0) is 6.42 Å². The zero-order chi connectivity index (χ0) is 14.0. The zero-order valence-corrected chi connectivity index (χ0v) is 12.5. The van der Waals surface area contributed by atoms with Crippen molar-refractivity contribution in [2.45, 2.75) is 26.2 Å². The van der Waals surface area contributed by atoms with Crippen LogP contribution >= 0.6 is 22.6 Å². The highest BCUT2D eigenvalue weighted by Crippen LogP contribution is 2.25. The summed E-state index contributed by atoms with van der Waals surface area (Å²) in [5.41, 5.74) is -0.609. The Labute approximate surface area is 122 Å². The summed E-state index contributed by atoms with van der Waals surface area (Å²) >= 11 is 2.12. The number of aryl methyl sites for hydroxylation is 1. The second-order valence-corrected chi connectivity index (χ2v) is 5.30. The van der Waals surface area contributed by atoms with Crippen LogP contribution in [0, 0.1) is 13.7 Å². The highest BCUT2D eigenvalue weighted by atomic mass is 127. The van der Waals surface area contributed by atoms with E-state index in [2.05, 4.69) is 29.5 Å². The Balaban J connectivity index is 2.63. The van der Waals surface area contributed by atoms with Crippen molar-refractivity contribution in [3.63, 3.8) is 0 Å². The summed E-state index contributed by atoms with van der Waals surface area (Å²) in [5, 5.41) is 11.7. The van der Waals surface area contributed by atoms with Crippen molar-refractivity contribution < 1.29 is 9.34 Å². The SMILES string of the molecule is CCCCc1oc(=O)c2cc([N+](=O)[O-])ccc2c1I. The van der Waals surface area contributed by atoms with Gasteiger partial charge in [-0.2, -0.15) is 0 Å². The molecule has 0 bridgehead atoms. The third-order valence-electron chi connectivity index (χ3n) is 2.89. The van der Waals surface area contributed by atoms with Gasteiger partial charge in [-0.15, -0.1) is 0 Å². The van der Waals surface area contributed by atoms with E-state index >= 15 is 0 Å². The van der Waals surface area contributed by atoms with Gasteiger partial charge < -0.3 is 4.42 Å². The monoisotopic (exact) mass is 373 g/mol. The van der Waals surface area contributed by atoms with Crippen molar-refractivity contribution in [1.82, 2.24) is 0 Å². The minimum atomic E-state index is -0.517. The van der Waals surface area contributed by atoms with Gasteiger partial charge in [-0.3, -0.25) is 10.1 Å². The van der Waals surface area contributed by atoms with E-state index in [1.165, 1.54) is 12.1 Å². The van der Waals surface area contributed by atoms with E-state index < -0.39 is 10.5 Å². The second-order valence-electron chi connectivity index (χ2n) is 4.22. The van der Waals surface area contributed by atoms with E-state index in [0.29, 0.717) is 17.6 Å². The third-order valence-corrected chi connectivity index (χ3v) is 4.07. The number of nitro groups is 1. The molecule has 0 aliphatic rings. The molecule has 0 radical (unpaired) electrons. The lowest BCUT2D eigenvalue weighted by Gasteiger charge is -2.05. The van der Waals surface area contributed by atoms with Gasteiger partial charge in [0.05, 0.1) is 13.9 Å². The molecule has 0 saturated carbocycles. The molecule has 0 unspecified atom stereocenters. The van der Waals surface area contributed by atoms with Crippen LogP contribution < -0.4 is 5.63 Å². The van der Waals surface area contributed by atoms with Crippen molar-refractivity contribution in [2.75, 3.05) is 0 Å². The van der Waals surface area contributed by atoms with Crippen molar-refractivity contribution in [2.24, 2.45) is 0 Å². The van der Waals surface area contributed by atoms with Gasteiger partial charge in [0.25, 0.3) is 5.69 Å². The first-order chi connectivity index (χ1) is 9.04. The van der Waals surface area contributed by atoms with Crippen molar-refractivity contribution in [3.8, 4) is 0 Å². The van der Waals surface area contributed by atoms with Crippen LogP contribution in [0.3, 0.4) is 0 Å². The maximum Gasteiger partial charge on any atom is 0.344 e. The molecule has 100 valence electrons. The van der Waals surface area contributed by atoms with Gasteiger partial charge >= 0.3 is 5.63 Å². The Morgan fingerprint density at radius 2 is 2.11 bits per heavy atom. The number of nitro benzene ring substituents is 1. The molecular weight excluding hydrogens is 361 g/mol. The van der Waals surface area contributed by atoms with Crippen LogP contribution in [0.15, 0.2) is 27.4 Å². The standard InChI is InChI=1S/C13H12INO4/c1-2-3-4-11-12(14)9-6-5-8(15(17)18)7-10(9)13(16)19-11/h5-7H,2-4H2,1H3. The first-order valence-corrected chi connectivity index (χ1v) is 7.02. The number of hydrogen-bond donors (Lipinski definition) is 0. The first kappa shape index (κ1) is 14.0. The lowest BCUT2D eigenvalue weighted by atomic mass is 10.1. The fraction of sp³-hybridized carbons (Fsp3) is 0.308. The summed E-state index contributed by atoms with van der Waals surface area (Å²) in [4.78, 5) is 22.1. The van der Waals surface area contributed by atoms with E-state index in [4.69, 9.17) is 4.42 Å². The van der Waals surface area contributed by atoms with Gasteiger partial charge in [-0.25, -0.2) is 4.79 Å². The Bertz CT molecular complexity index is 693. The van der Waals surface area contributed by atoms with Gasteiger partial charge in [0.2, 0.25) is 0 Å². The predicted molar refractivity (Wildman–Crippen MR) is 80.5 cm³/mol. The number of rotatable bonds is 4. The number of halogens is 1. The molecule has 1 heterocycles. The van der Waals surface area contributed by atoms with Crippen LogP contribution in [0.1, 0.15) is 25.5 Å². The van der Waals surface area contributed by atoms with E-state index in [1.807, 2.05) is 0 Å². The molecule has 1 aromatic carbocycles. The summed E-state index contributed by atoms with van der Waals surface area (Å²) in [6, 6.07) is 4.29. The molecule has 2 rings (SSSR count). The highest BCUT2D eigenvalue weighted by molar-refractivity contribution is 14.1. The molecule has 19 heavy (non-hydrogen) atoms. The summed E-state index contributed by atoms with van der Waals surface area (Å²) in [7, 11) is 0. The lowest BCUT2D eigenvalue weighted by molar-refractivity contribution is -0.384. The molecule has 0 fully saturated rings. The van der Waals surface area contributed by atoms with E-state index in [1.54, 1.807) is 6.07 Å². The zero-order valence-electron chi connectivity index (χ0n) is 10.3. The van der Waals surface area contributed by atoms with Gasteiger partial charge in [0.15, 0.2) is 0 Å². The maximum absolute atomic E-state index is 11.9. The molecule has 0 aliphatic carbocycles. The van der Waals surface area contributed by atoms with Gasteiger partial charge in [-0.05, 0) is 35.1 Å². The van der Waals surface area contributed by atoms with E-state index in [-0.39, 0.29) is 11.1 Å². The molecule has 0 spiro atoms. The normalized spacial score (nSPS) is 10.8. The number of benzene rings is 1. The largest absolute Gasteiger partial charge is 0.426 e. The highest BCUT2D eigenvalue weighted by Gasteiger charge is 2.15. The van der Waals surface area contributed by atoms with E-state index in [0.717, 1.165) is 16.4 Å². The molecule has 0 saturated heterocycles. The van der Waals surface area contributed by atoms with Crippen molar-refractivity contribution in [1.29, 1.82) is 0 Å². The Morgan fingerprint density at radius 1 is 1.37 bits per heavy atom. The predicted octanol–water partition coefficient (Wildman–Crippen LogP) is 3.65. The average molecular weight is 373 g/mol. The van der Waals surface area contributed by atoms with Crippen LogP contribution in [-0.4, -0.2) is 4.92 Å². The number of hydrogen-bond acceptors (Lipinski definition) is 4. The fourth-order valence-corrected chi connectivity index (χ4v) is 2.72. The summed E-state index contributed by atoms with van der Waals surface area (Å²) in [5.74, 6) is 0.661. The minimum Gasteiger partial charge on any atom is -0.426 e. The third kappa shape index (κ3) is 2.78. The minimum absolute atomic E-state index is 0.100. The van der Waals surface area contributed by atoms with Crippen molar-refractivity contribution >= 4 is 39.1 Å². The van der Waals surface area contributed by atoms with Crippen LogP contribution in [0.4, 0.5) is 5.69 Å². The molecule has 0 atom stereocenters. The Hall–Kier alpha value is -1.44. The second kappa shape index (κ2) is 5.68. The summed E-state index contributed by atoms with van der Waals surface area (Å²) in [6.07, 6.45) is 2.66. The maximum atomic E-state index is 11.9. The number of fused-ring (bicyclic) bond motifs is 1. The molecular formula is C13H12INO4. The Morgan fingerprint density at radius 3 is 2.74 bits per heavy atom. The molecule has 0 amide bonds. The molecule has 5 nitrogen and oxygen atoms in total. The molecule has 6 heteroatoms. The Kier molecular flexibility index (Phi) is 4.18. The van der Waals surface area contributed by atoms with E-state index in [9.17, 15) is 14.9 Å². The molecule has 2 aromatic rings. The topological polar surface area (TPSA) is 73.3 Å². The lowest BCUT2D eigenvalue weighted by Crippen LogP contribution is -2.06. The van der Waals surface area contributed by atoms with Crippen LogP contribution in [0.5, 0.6) is 0 Å². The number of nitrogens with zero attached hydrogens (tertiary/aromatic N) is 1. The molecule has 0 N–H and O–H groups in total. The quantitative estimate of drug-likeness (QED) is 0.466. The van der Waals surface area contributed by atoms with Gasteiger partial charge in [-0.1, -0.05) is 13.3 Å². The average Bonchev–Trinajstić information content (AvgIpc) is 2.40. The first-order valence-electron chi connectivity index (χ1n) is 5.94. The molecule has 0 aliphatic heterocycles. The van der Waals surface area contributed by atoms with Crippen LogP contribution in [0.2, 0.25) is 0 Å².